The molecule has 2 heterocycles. The number of anilines is 1. The molecule has 0 aliphatic rings. The maximum absolute atomic E-state index is 12.7. The molecule has 3 rings (SSSR count). The summed E-state index contributed by atoms with van der Waals surface area (Å²) in [7, 11) is 4.49. The Morgan fingerprint density at radius 3 is 2.40 bits per heavy atom. The Hall–Kier alpha value is -2.81. The van der Waals surface area contributed by atoms with Crippen LogP contribution in [0.5, 0.6) is 17.2 Å². The number of pyridine rings is 1. The van der Waals surface area contributed by atoms with Gasteiger partial charge in [-0.2, -0.15) is 0 Å². The molecule has 1 aromatic carbocycles. The maximum atomic E-state index is 12.7. The van der Waals surface area contributed by atoms with Gasteiger partial charge in [0, 0.05) is 16.2 Å². The molecule has 0 saturated heterocycles. The van der Waals surface area contributed by atoms with E-state index in [1.807, 2.05) is 0 Å². The average molecular weight is 407 g/mol. The predicted molar refractivity (Wildman–Crippen MR) is 94.7 cm³/mol. The van der Waals surface area contributed by atoms with Crippen molar-refractivity contribution < 1.29 is 19.0 Å². The van der Waals surface area contributed by atoms with Crippen LogP contribution in [-0.4, -0.2) is 41.8 Å². The highest BCUT2D eigenvalue weighted by atomic mass is 79.9. The molecule has 0 radical (unpaired) electrons. The minimum absolute atomic E-state index is 0.345. The van der Waals surface area contributed by atoms with Crippen LogP contribution in [0.3, 0.4) is 0 Å². The second-order valence-corrected chi connectivity index (χ2v) is 5.92. The lowest BCUT2D eigenvalue weighted by atomic mass is 10.1. The van der Waals surface area contributed by atoms with E-state index < -0.39 is 0 Å². The van der Waals surface area contributed by atoms with E-state index in [9.17, 15) is 4.79 Å². The minimum atomic E-state index is -0.345. The van der Waals surface area contributed by atoms with Gasteiger partial charge in [-0.3, -0.25) is 9.20 Å². The highest BCUT2D eigenvalue weighted by Gasteiger charge is 2.18. The van der Waals surface area contributed by atoms with E-state index in [4.69, 9.17) is 14.2 Å². The van der Waals surface area contributed by atoms with Crippen LogP contribution in [0.15, 0.2) is 35.2 Å². The lowest BCUT2D eigenvalue weighted by Crippen LogP contribution is -2.13. The summed E-state index contributed by atoms with van der Waals surface area (Å²) >= 11 is 3.39. The Bertz CT molecular complexity index is 916. The zero-order valence-electron chi connectivity index (χ0n) is 13.7. The van der Waals surface area contributed by atoms with Crippen LogP contribution in [-0.2, 0) is 0 Å². The second-order valence-electron chi connectivity index (χ2n) is 5.00. The van der Waals surface area contributed by atoms with Gasteiger partial charge in [0.1, 0.15) is 6.33 Å². The summed E-state index contributed by atoms with van der Waals surface area (Å²) in [5, 5.41) is 10.7. The van der Waals surface area contributed by atoms with Crippen LogP contribution >= 0.6 is 15.9 Å². The number of methoxy groups -OCH3 is 3. The number of hydrogen-bond acceptors (Lipinski definition) is 6. The van der Waals surface area contributed by atoms with Gasteiger partial charge in [-0.05, 0) is 34.1 Å². The van der Waals surface area contributed by atoms with Crippen LogP contribution in [0.25, 0.3) is 5.65 Å². The van der Waals surface area contributed by atoms with Gasteiger partial charge in [-0.15, -0.1) is 10.2 Å². The van der Waals surface area contributed by atoms with Crippen molar-refractivity contribution in [2.45, 2.75) is 0 Å². The van der Waals surface area contributed by atoms with E-state index in [1.165, 1.54) is 21.3 Å². The number of rotatable bonds is 5. The van der Waals surface area contributed by atoms with Crippen LogP contribution in [0.1, 0.15) is 10.4 Å². The van der Waals surface area contributed by atoms with Crippen molar-refractivity contribution in [3.05, 3.63) is 40.8 Å². The van der Waals surface area contributed by atoms with E-state index in [0.29, 0.717) is 34.1 Å². The lowest BCUT2D eigenvalue weighted by molar-refractivity contribution is 0.102. The Morgan fingerprint density at radius 2 is 1.80 bits per heavy atom. The van der Waals surface area contributed by atoms with Gasteiger partial charge in [-0.1, -0.05) is 0 Å². The van der Waals surface area contributed by atoms with Crippen molar-refractivity contribution in [1.29, 1.82) is 0 Å². The molecule has 0 unspecified atom stereocenters. The molecule has 0 bridgehead atoms. The van der Waals surface area contributed by atoms with Crippen LogP contribution < -0.4 is 19.5 Å². The first-order valence-corrected chi connectivity index (χ1v) is 7.97. The van der Waals surface area contributed by atoms with Crippen molar-refractivity contribution in [2.75, 3.05) is 26.6 Å². The lowest BCUT2D eigenvalue weighted by Gasteiger charge is -2.14. The zero-order chi connectivity index (χ0) is 18.0. The van der Waals surface area contributed by atoms with Crippen molar-refractivity contribution in [3.63, 3.8) is 0 Å². The molecule has 1 N–H and O–H groups in total. The standard InChI is InChI=1S/C16H15BrN4O4/c1-23-12-4-9(5-13(24-2)14(12)25-3)16(22)19-11-6-10(17)7-21-8-18-20-15(11)21/h4-8H,1-3H3,(H,19,22). The van der Waals surface area contributed by atoms with Gasteiger partial charge < -0.3 is 19.5 Å². The van der Waals surface area contributed by atoms with Crippen molar-refractivity contribution in [3.8, 4) is 17.2 Å². The van der Waals surface area contributed by atoms with E-state index in [0.717, 1.165) is 4.47 Å². The summed E-state index contributed by atoms with van der Waals surface area (Å²) in [6.07, 6.45) is 3.35. The number of hydrogen-bond donors (Lipinski definition) is 1. The normalized spacial score (nSPS) is 10.6. The summed E-state index contributed by atoms with van der Waals surface area (Å²) in [4.78, 5) is 12.7. The summed E-state index contributed by atoms with van der Waals surface area (Å²) in [6, 6.07) is 4.91. The van der Waals surface area contributed by atoms with Gasteiger partial charge in [-0.25, -0.2) is 0 Å². The number of benzene rings is 1. The molecule has 0 saturated carbocycles. The van der Waals surface area contributed by atoms with Crippen LogP contribution in [0.2, 0.25) is 0 Å². The molecule has 9 heteroatoms. The van der Waals surface area contributed by atoms with E-state index in [2.05, 4.69) is 31.4 Å². The number of halogens is 1. The number of nitrogens with zero attached hydrogens (tertiary/aromatic N) is 3. The summed E-state index contributed by atoms with van der Waals surface area (Å²) in [5.41, 5.74) is 1.40. The Morgan fingerprint density at radius 1 is 1.12 bits per heavy atom. The summed E-state index contributed by atoms with van der Waals surface area (Å²) in [6.45, 7) is 0. The number of amides is 1. The summed E-state index contributed by atoms with van der Waals surface area (Å²) in [5.74, 6) is 0.869. The quantitative estimate of drug-likeness (QED) is 0.700. The van der Waals surface area contributed by atoms with Gasteiger partial charge in [0.15, 0.2) is 17.1 Å². The topological polar surface area (TPSA) is 87.0 Å². The smallest absolute Gasteiger partial charge is 0.256 e. The third-order valence-electron chi connectivity index (χ3n) is 3.53. The van der Waals surface area contributed by atoms with Crippen LogP contribution in [0, 0.1) is 0 Å². The van der Waals surface area contributed by atoms with E-state index in [1.54, 1.807) is 35.1 Å². The van der Waals surface area contributed by atoms with E-state index >= 15 is 0 Å². The molecular formula is C16H15BrN4O4. The molecule has 3 aromatic rings. The highest BCUT2D eigenvalue weighted by molar-refractivity contribution is 9.10. The molecular weight excluding hydrogens is 392 g/mol. The Labute approximate surface area is 151 Å². The van der Waals surface area contributed by atoms with Crippen molar-refractivity contribution in [1.82, 2.24) is 14.6 Å². The first-order valence-electron chi connectivity index (χ1n) is 7.17. The third kappa shape index (κ3) is 3.22. The molecule has 8 nitrogen and oxygen atoms in total. The first kappa shape index (κ1) is 17.0. The van der Waals surface area contributed by atoms with Crippen LogP contribution in [0.4, 0.5) is 5.69 Å². The average Bonchev–Trinajstić information content (AvgIpc) is 3.08. The molecule has 0 fully saturated rings. The maximum Gasteiger partial charge on any atom is 0.256 e. The van der Waals surface area contributed by atoms with E-state index in [-0.39, 0.29) is 5.91 Å². The molecule has 2 aromatic heterocycles. The Kier molecular flexibility index (Phi) is 4.75. The molecule has 0 aliphatic heterocycles. The number of carbonyl (C=O) groups excluding carboxylic acids is 1. The fraction of sp³-hybridized carbons (Fsp3) is 0.188. The number of ether oxygens (including phenoxy) is 3. The second kappa shape index (κ2) is 6.98. The van der Waals surface area contributed by atoms with Gasteiger partial charge in [0.05, 0.1) is 27.0 Å². The third-order valence-corrected chi connectivity index (χ3v) is 3.97. The van der Waals surface area contributed by atoms with Gasteiger partial charge in [0.2, 0.25) is 5.75 Å². The van der Waals surface area contributed by atoms with Gasteiger partial charge in [0.25, 0.3) is 5.91 Å². The van der Waals surface area contributed by atoms with Crippen molar-refractivity contribution in [2.24, 2.45) is 0 Å². The Balaban J connectivity index is 1.99. The first-order chi connectivity index (χ1) is 12.1. The number of nitrogens with one attached hydrogen (secondary N) is 1. The molecule has 0 atom stereocenters. The number of aromatic nitrogens is 3. The SMILES string of the molecule is COc1cc(C(=O)Nc2cc(Br)cn3cnnc23)cc(OC)c1OC. The fourth-order valence-corrected chi connectivity index (χ4v) is 2.85. The van der Waals surface area contributed by atoms with Crippen molar-refractivity contribution >= 4 is 33.2 Å². The number of carbonyl (C=O) groups is 1. The molecule has 0 spiro atoms. The minimum Gasteiger partial charge on any atom is -0.493 e. The molecule has 25 heavy (non-hydrogen) atoms. The highest BCUT2D eigenvalue weighted by Crippen LogP contribution is 2.38. The molecule has 1 amide bonds. The summed E-state index contributed by atoms with van der Waals surface area (Å²) < 4.78 is 18.3. The predicted octanol–water partition coefficient (Wildman–Crippen LogP) is 2.77. The fourth-order valence-electron chi connectivity index (χ4n) is 2.40. The monoisotopic (exact) mass is 406 g/mol. The zero-order valence-corrected chi connectivity index (χ0v) is 15.3. The number of fused-ring (bicyclic) bond motifs is 1. The molecule has 130 valence electrons. The largest absolute Gasteiger partial charge is 0.493 e. The molecule has 0 aliphatic carbocycles. The van der Waals surface area contributed by atoms with Gasteiger partial charge >= 0.3 is 0 Å².